The molecule has 0 saturated heterocycles. The van der Waals surface area contributed by atoms with E-state index in [9.17, 15) is 5.11 Å². The first-order valence-electron chi connectivity index (χ1n) is 3.88. The van der Waals surface area contributed by atoms with Gasteiger partial charge in [0.2, 0.25) is 0 Å². The lowest BCUT2D eigenvalue weighted by Crippen LogP contribution is -1.72. The van der Waals surface area contributed by atoms with Crippen LogP contribution in [-0.2, 0) is 0 Å². The zero-order valence-electron chi connectivity index (χ0n) is 6.92. The van der Waals surface area contributed by atoms with Crippen LogP contribution in [0.2, 0.25) is 0 Å². The molecule has 0 unspecified atom stereocenters. The van der Waals surface area contributed by atoms with Gasteiger partial charge in [0.1, 0.15) is 5.75 Å². The van der Waals surface area contributed by atoms with Crippen molar-refractivity contribution in [1.29, 1.82) is 0 Å². The van der Waals surface area contributed by atoms with Gasteiger partial charge in [0, 0.05) is 4.47 Å². The van der Waals surface area contributed by atoms with Crippen LogP contribution < -0.4 is 0 Å². The highest BCUT2D eigenvalue weighted by Crippen LogP contribution is 2.20. The molecule has 12 heavy (non-hydrogen) atoms. The highest BCUT2D eigenvalue weighted by atomic mass is 79.9. The van der Waals surface area contributed by atoms with Crippen LogP contribution in [-0.4, -0.2) is 5.11 Å². The van der Waals surface area contributed by atoms with Crippen LogP contribution in [0.5, 0.6) is 5.75 Å². The normalized spacial score (nSPS) is 10.8. The maximum atomic E-state index is 9.23. The van der Waals surface area contributed by atoms with Gasteiger partial charge in [-0.2, -0.15) is 0 Å². The van der Waals surface area contributed by atoms with Gasteiger partial charge in [-0.15, -0.1) is 0 Å². The second-order valence-corrected chi connectivity index (χ2v) is 3.47. The lowest BCUT2D eigenvalue weighted by atomic mass is 10.2. The van der Waals surface area contributed by atoms with Gasteiger partial charge in [-0.25, -0.2) is 0 Å². The van der Waals surface area contributed by atoms with Crippen LogP contribution in [0.15, 0.2) is 28.7 Å². The van der Waals surface area contributed by atoms with Gasteiger partial charge < -0.3 is 5.11 Å². The third-order valence-electron chi connectivity index (χ3n) is 1.45. The molecule has 1 nitrogen and oxygen atoms in total. The lowest BCUT2D eigenvalue weighted by Gasteiger charge is -1.96. The molecule has 1 N–H and O–H groups in total. The average molecular weight is 227 g/mol. The topological polar surface area (TPSA) is 20.2 Å². The highest BCUT2D eigenvalue weighted by molar-refractivity contribution is 9.10. The summed E-state index contributed by atoms with van der Waals surface area (Å²) in [5.41, 5.74) is 1.02. The summed E-state index contributed by atoms with van der Waals surface area (Å²) >= 11 is 3.31. The number of phenolic OH excluding ortho intramolecular Hbond substituents is 1. The SMILES string of the molecule is CCC=Cc1cc(O)cc(Br)c1. The summed E-state index contributed by atoms with van der Waals surface area (Å²) in [6, 6.07) is 5.37. The molecule has 2 heteroatoms. The smallest absolute Gasteiger partial charge is 0.117 e. The fourth-order valence-electron chi connectivity index (χ4n) is 0.946. The number of hydrogen-bond donors (Lipinski definition) is 1. The van der Waals surface area contributed by atoms with Crippen molar-refractivity contribution in [3.8, 4) is 5.75 Å². The largest absolute Gasteiger partial charge is 0.508 e. The summed E-state index contributed by atoms with van der Waals surface area (Å²) in [7, 11) is 0. The molecule has 0 heterocycles. The monoisotopic (exact) mass is 226 g/mol. The fourth-order valence-corrected chi connectivity index (χ4v) is 1.45. The predicted molar refractivity (Wildman–Crippen MR) is 55.1 cm³/mol. The third kappa shape index (κ3) is 2.70. The van der Waals surface area contributed by atoms with E-state index < -0.39 is 0 Å². The van der Waals surface area contributed by atoms with Crippen LogP contribution in [0.3, 0.4) is 0 Å². The minimum absolute atomic E-state index is 0.292. The Hall–Kier alpha value is -0.760. The Kier molecular flexibility index (Phi) is 3.35. The maximum Gasteiger partial charge on any atom is 0.117 e. The highest BCUT2D eigenvalue weighted by Gasteiger charge is 1.93. The van der Waals surface area contributed by atoms with E-state index in [1.807, 2.05) is 12.1 Å². The van der Waals surface area contributed by atoms with Crippen molar-refractivity contribution in [2.24, 2.45) is 0 Å². The van der Waals surface area contributed by atoms with Gasteiger partial charge >= 0.3 is 0 Å². The molecule has 0 bridgehead atoms. The zero-order valence-corrected chi connectivity index (χ0v) is 8.51. The molecule has 0 aliphatic heterocycles. The molecule has 0 spiro atoms. The Morgan fingerprint density at radius 2 is 2.17 bits per heavy atom. The van der Waals surface area contributed by atoms with E-state index in [-0.39, 0.29) is 0 Å². The van der Waals surface area contributed by atoms with Crippen LogP contribution >= 0.6 is 15.9 Å². The zero-order chi connectivity index (χ0) is 8.97. The van der Waals surface area contributed by atoms with Crippen molar-refractivity contribution < 1.29 is 5.11 Å². The lowest BCUT2D eigenvalue weighted by molar-refractivity contribution is 0.475. The number of rotatable bonds is 2. The van der Waals surface area contributed by atoms with E-state index in [2.05, 4.69) is 28.9 Å². The molecule has 1 rings (SSSR count). The summed E-state index contributed by atoms with van der Waals surface area (Å²) in [6.07, 6.45) is 5.05. The molecule has 0 aliphatic rings. The standard InChI is InChI=1S/C10H11BrO/c1-2-3-4-8-5-9(11)7-10(12)6-8/h3-7,12H,2H2,1H3. The van der Waals surface area contributed by atoms with Crippen molar-refractivity contribution in [3.63, 3.8) is 0 Å². The Morgan fingerprint density at radius 3 is 2.75 bits per heavy atom. The second kappa shape index (κ2) is 4.31. The third-order valence-corrected chi connectivity index (χ3v) is 1.91. The van der Waals surface area contributed by atoms with E-state index in [4.69, 9.17) is 0 Å². The Balaban J connectivity index is 2.93. The van der Waals surface area contributed by atoms with Crippen molar-refractivity contribution in [3.05, 3.63) is 34.3 Å². The molecular weight excluding hydrogens is 216 g/mol. The fraction of sp³-hybridized carbons (Fsp3) is 0.200. The molecule has 0 saturated carbocycles. The van der Waals surface area contributed by atoms with E-state index in [0.717, 1.165) is 16.5 Å². The molecule has 0 amide bonds. The van der Waals surface area contributed by atoms with Gasteiger partial charge in [0.05, 0.1) is 0 Å². The van der Waals surface area contributed by atoms with Crippen molar-refractivity contribution in [2.45, 2.75) is 13.3 Å². The summed E-state index contributed by atoms with van der Waals surface area (Å²) in [4.78, 5) is 0. The van der Waals surface area contributed by atoms with E-state index in [1.165, 1.54) is 0 Å². The second-order valence-electron chi connectivity index (χ2n) is 2.55. The van der Waals surface area contributed by atoms with E-state index in [0.29, 0.717) is 5.75 Å². The first kappa shape index (κ1) is 9.33. The quantitative estimate of drug-likeness (QED) is 0.818. The summed E-state index contributed by atoms with van der Waals surface area (Å²) in [5, 5.41) is 9.23. The molecule has 0 aliphatic carbocycles. The Morgan fingerprint density at radius 1 is 1.42 bits per heavy atom. The number of halogens is 1. The number of benzene rings is 1. The molecule has 1 aromatic carbocycles. The van der Waals surface area contributed by atoms with E-state index in [1.54, 1.807) is 12.1 Å². The first-order valence-corrected chi connectivity index (χ1v) is 4.68. The van der Waals surface area contributed by atoms with E-state index >= 15 is 0 Å². The first-order chi connectivity index (χ1) is 5.72. The molecule has 1 aromatic rings. The maximum absolute atomic E-state index is 9.23. The van der Waals surface area contributed by atoms with Gasteiger partial charge in [0.25, 0.3) is 0 Å². The van der Waals surface area contributed by atoms with Gasteiger partial charge in [-0.3, -0.25) is 0 Å². The molecule has 0 atom stereocenters. The molecule has 64 valence electrons. The van der Waals surface area contributed by atoms with Crippen molar-refractivity contribution in [2.75, 3.05) is 0 Å². The van der Waals surface area contributed by atoms with Crippen LogP contribution in [0.25, 0.3) is 6.08 Å². The van der Waals surface area contributed by atoms with Crippen molar-refractivity contribution in [1.82, 2.24) is 0 Å². The average Bonchev–Trinajstić information content (AvgIpc) is 1.99. The summed E-state index contributed by atoms with van der Waals surface area (Å²) in [5.74, 6) is 0.292. The summed E-state index contributed by atoms with van der Waals surface area (Å²) < 4.78 is 0.901. The van der Waals surface area contributed by atoms with Gasteiger partial charge in [-0.05, 0) is 30.2 Å². The Bertz CT molecular complexity index is 272. The van der Waals surface area contributed by atoms with Gasteiger partial charge in [-0.1, -0.05) is 35.0 Å². The number of allylic oxidation sites excluding steroid dienone is 1. The molecule has 0 fully saturated rings. The van der Waals surface area contributed by atoms with Crippen LogP contribution in [0.1, 0.15) is 18.9 Å². The molecular formula is C10H11BrO. The Labute approximate surface area is 80.9 Å². The van der Waals surface area contributed by atoms with Crippen molar-refractivity contribution >= 4 is 22.0 Å². The molecule has 0 aromatic heterocycles. The van der Waals surface area contributed by atoms with Gasteiger partial charge in [0.15, 0.2) is 0 Å². The summed E-state index contributed by atoms with van der Waals surface area (Å²) in [6.45, 7) is 2.08. The minimum atomic E-state index is 0.292. The predicted octanol–water partition coefficient (Wildman–Crippen LogP) is 3.58. The van der Waals surface area contributed by atoms with Crippen LogP contribution in [0.4, 0.5) is 0 Å². The number of aromatic hydroxyl groups is 1. The number of phenols is 1. The minimum Gasteiger partial charge on any atom is -0.508 e. The van der Waals surface area contributed by atoms with Crippen LogP contribution in [0, 0.1) is 0 Å². The number of hydrogen-bond acceptors (Lipinski definition) is 1. The molecule has 0 radical (unpaired) electrons.